The lowest BCUT2D eigenvalue weighted by Crippen LogP contribution is -2.29. The Balaban J connectivity index is 1.90. The summed E-state index contributed by atoms with van der Waals surface area (Å²) in [6.07, 6.45) is 3.99. The van der Waals surface area contributed by atoms with Gasteiger partial charge in [0.1, 0.15) is 11.5 Å². The number of ether oxygens (including phenoxy) is 2. The normalized spacial score (nSPS) is 11.0. The molecule has 0 saturated carbocycles. The first-order valence-electron chi connectivity index (χ1n) is 7.90. The maximum atomic E-state index is 9.13. The van der Waals surface area contributed by atoms with E-state index in [4.69, 9.17) is 19.5 Å². The topological polar surface area (TPSA) is 58.9 Å². The second kappa shape index (κ2) is 7.42. The fraction of sp³-hybridized carbons (Fsp3) is 0.100. The standard InChI is InChI=1S/C20H19BO4/c1-24-18-12-16-11-15(7-10-19(16)20(13-18)25-2)4-3-14-5-8-17(9-6-14)21(22)23/h3-13,22-23H,1-2H3/b4-3+. The maximum absolute atomic E-state index is 9.13. The smallest absolute Gasteiger partial charge is 0.488 e. The first-order chi connectivity index (χ1) is 12.1. The molecule has 0 fully saturated rings. The van der Waals surface area contributed by atoms with Gasteiger partial charge in [0, 0.05) is 11.5 Å². The van der Waals surface area contributed by atoms with Crippen LogP contribution in [-0.4, -0.2) is 31.4 Å². The molecule has 0 unspecified atom stereocenters. The maximum Gasteiger partial charge on any atom is 0.488 e. The van der Waals surface area contributed by atoms with Gasteiger partial charge in [0.25, 0.3) is 0 Å². The minimum atomic E-state index is -1.44. The van der Waals surface area contributed by atoms with E-state index >= 15 is 0 Å². The zero-order valence-corrected chi connectivity index (χ0v) is 14.1. The Morgan fingerprint density at radius 3 is 2.12 bits per heavy atom. The van der Waals surface area contributed by atoms with E-state index in [0.717, 1.165) is 33.4 Å². The van der Waals surface area contributed by atoms with E-state index in [1.54, 1.807) is 26.4 Å². The minimum absolute atomic E-state index is 0.474. The lowest BCUT2D eigenvalue weighted by molar-refractivity contribution is 0.398. The highest BCUT2D eigenvalue weighted by molar-refractivity contribution is 6.58. The molecule has 0 aliphatic rings. The Bertz CT molecular complexity index is 901. The summed E-state index contributed by atoms with van der Waals surface area (Å²) in [6, 6.07) is 17.1. The molecule has 2 N–H and O–H groups in total. The number of fused-ring (bicyclic) bond motifs is 1. The average molecular weight is 334 g/mol. The van der Waals surface area contributed by atoms with Crippen molar-refractivity contribution in [3.8, 4) is 11.5 Å². The minimum Gasteiger partial charge on any atom is -0.497 e. The molecule has 0 aliphatic heterocycles. The largest absolute Gasteiger partial charge is 0.497 e. The molecule has 0 saturated heterocycles. The average Bonchev–Trinajstić information content (AvgIpc) is 2.65. The van der Waals surface area contributed by atoms with Crippen molar-refractivity contribution in [2.24, 2.45) is 0 Å². The van der Waals surface area contributed by atoms with Crippen LogP contribution in [0, 0.1) is 0 Å². The zero-order valence-electron chi connectivity index (χ0n) is 14.1. The zero-order chi connectivity index (χ0) is 17.8. The number of rotatable bonds is 5. The van der Waals surface area contributed by atoms with Gasteiger partial charge in [0.15, 0.2) is 0 Å². The fourth-order valence-corrected chi connectivity index (χ4v) is 2.69. The van der Waals surface area contributed by atoms with Crippen molar-refractivity contribution in [2.45, 2.75) is 0 Å². The van der Waals surface area contributed by atoms with E-state index in [9.17, 15) is 0 Å². The van der Waals surface area contributed by atoms with Gasteiger partial charge in [-0.25, -0.2) is 0 Å². The van der Waals surface area contributed by atoms with Crippen molar-refractivity contribution in [3.63, 3.8) is 0 Å². The summed E-state index contributed by atoms with van der Waals surface area (Å²) < 4.78 is 10.8. The Labute approximate surface area is 147 Å². The van der Waals surface area contributed by atoms with Crippen molar-refractivity contribution >= 4 is 35.5 Å². The van der Waals surface area contributed by atoms with Gasteiger partial charge >= 0.3 is 7.12 Å². The van der Waals surface area contributed by atoms with E-state index in [2.05, 4.69) is 6.07 Å². The summed E-state index contributed by atoms with van der Waals surface area (Å²) in [7, 11) is 1.84. The van der Waals surface area contributed by atoms with Crippen LogP contribution in [0.3, 0.4) is 0 Å². The molecular formula is C20H19BO4. The monoisotopic (exact) mass is 334 g/mol. The number of benzene rings is 3. The van der Waals surface area contributed by atoms with Gasteiger partial charge in [-0.05, 0) is 34.1 Å². The Kier molecular flexibility index (Phi) is 5.07. The van der Waals surface area contributed by atoms with Crippen molar-refractivity contribution in [1.82, 2.24) is 0 Å². The van der Waals surface area contributed by atoms with Crippen LogP contribution < -0.4 is 14.9 Å². The molecule has 3 rings (SSSR count). The molecule has 0 bridgehead atoms. The molecular weight excluding hydrogens is 315 g/mol. The quantitative estimate of drug-likeness (QED) is 0.556. The molecule has 0 aliphatic carbocycles. The second-order valence-electron chi connectivity index (χ2n) is 5.68. The number of hydrogen-bond donors (Lipinski definition) is 2. The van der Waals surface area contributed by atoms with Crippen LogP contribution in [0.1, 0.15) is 11.1 Å². The molecule has 3 aromatic rings. The SMILES string of the molecule is COc1cc(OC)c2ccc(/C=C/c3ccc(B(O)O)cc3)cc2c1. The summed E-state index contributed by atoms with van der Waals surface area (Å²) in [5.41, 5.74) is 2.50. The van der Waals surface area contributed by atoms with Crippen molar-refractivity contribution in [1.29, 1.82) is 0 Å². The first-order valence-corrected chi connectivity index (χ1v) is 7.90. The molecule has 5 heteroatoms. The van der Waals surface area contributed by atoms with E-state index in [1.807, 2.05) is 48.6 Å². The first kappa shape index (κ1) is 17.1. The van der Waals surface area contributed by atoms with Crippen LogP contribution in [0.4, 0.5) is 0 Å². The summed E-state index contributed by atoms with van der Waals surface area (Å²) in [6.45, 7) is 0. The Morgan fingerprint density at radius 1 is 0.800 bits per heavy atom. The van der Waals surface area contributed by atoms with Gasteiger partial charge in [0.05, 0.1) is 14.2 Å². The van der Waals surface area contributed by atoms with E-state index in [1.165, 1.54) is 0 Å². The summed E-state index contributed by atoms with van der Waals surface area (Å²) in [5, 5.41) is 20.3. The van der Waals surface area contributed by atoms with E-state index in [-0.39, 0.29) is 0 Å². The van der Waals surface area contributed by atoms with E-state index in [0.29, 0.717) is 5.46 Å². The van der Waals surface area contributed by atoms with Crippen molar-refractivity contribution in [2.75, 3.05) is 14.2 Å². The van der Waals surface area contributed by atoms with Crippen molar-refractivity contribution < 1.29 is 19.5 Å². The molecule has 4 nitrogen and oxygen atoms in total. The van der Waals surface area contributed by atoms with E-state index < -0.39 is 7.12 Å². The third-order valence-electron chi connectivity index (χ3n) is 4.07. The highest BCUT2D eigenvalue weighted by Gasteiger charge is 2.09. The molecule has 0 aromatic heterocycles. The molecule has 0 amide bonds. The van der Waals surface area contributed by atoms with Crippen LogP contribution in [0.15, 0.2) is 54.6 Å². The van der Waals surface area contributed by atoms with Gasteiger partial charge in [-0.2, -0.15) is 0 Å². The van der Waals surface area contributed by atoms with Crippen LogP contribution in [0.2, 0.25) is 0 Å². The highest BCUT2D eigenvalue weighted by atomic mass is 16.5. The third-order valence-corrected chi connectivity index (χ3v) is 4.07. The summed E-state index contributed by atoms with van der Waals surface area (Å²) >= 11 is 0. The molecule has 0 spiro atoms. The Morgan fingerprint density at radius 2 is 1.48 bits per heavy atom. The third kappa shape index (κ3) is 3.84. The molecule has 3 aromatic carbocycles. The fourth-order valence-electron chi connectivity index (χ4n) is 2.69. The van der Waals surface area contributed by atoms with Gasteiger partial charge < -0.3 is 19.5 Å². The van der Waals surface area contributed by atoms with Crippen LogP contribution >= 0.6 is 0 Å². The summed E-state index contributed by atoms with van der Waals surface area (Å²) in [4.78, 5) is 0. The highest BCUT2D eigenvalue weighted by Crippen LogP contribution is 2.32. The Hall–Kier alpha value is -2.76. The van der Waals surface area contributed by atoms with Gasteiger partial charge in [-0.1, -0.05) is 48.6 Å². The predicted molar refractivity (Wildman–Crippen MR) is 102 cm³/mol. The molecule has 0 heterocycles. The summed E-state index contributed by atoms with van der Waals surface area (Å²) in [5.74, 6) is 1.53. The van der Waals surface area contributed by atoms with Crippen LogP contribution in [0.5, 0.6) is 11.5 Å². The molecule has 0 radical (unpaired) electrons. The van der Waals surface area contributed by atoms with Gasteiger partial charge in [-0.15, -0.1) is 0 Å². The number of hydrogen-bond acceptors (Lipinski definition) is 4. The molecule has 0 atom stereocenters. The van der Waals surface area contributed by atoms with Gasteiger partial charge in [0.2, 0.25) is 0 Å². The lowest BCUT2D eigenvalue weighted by Gasteiger charge is -2.09. The molecule has 25 heavy (non-hydrogen) atoms. The predicted octanol–water partition coefficient (Wildman–Crippen LogP) is 2.71. The second-order valence-corrected chi connectivity index (χ2v) is 5.68. The van der Waals surface area contributed by atoms with Crippen molar-refractivity contribution in [3.05, 3.63) is 65.7 Å². The lowest BCUT2D eigenvalue weighted by atomic mass is 9.80. The van der Waals surface area contributed by atoms with Crippen LogP contribution in [-0.2, 0) is 0 Å². The number of methoxy groups -OCH3 is 2. The van der Waals surface area contributed by atoms with Gasteiger partial charge in [-0.3, -0.25) is 0 Å². The molecule has 126 valence electrons. The van der Waals surface area contributed by atoms with Crippen LogP contribution in [0.25, 0.3) is 22.9 Å².